The highest BCUT2D eigenvalue weighted by Crippen LogP contribution is 2.63. The van der Waals surface area contributed by atoms with Gasteiger partial charge in [-0.3, -0.25) is 9.69 Å². The van der Waals surface area contributed by atoms with Gasteiger partial charge in [-0.1, -0.05) is 6.07 Å². The normalized spacial score (nSPS) is 40.4. The maximum absolute atomic E-state index is 12.4. The number of hydrogen-bond acceptors (Lipinski definition) is 5. The largest absolute Gasteiger partial charge is 0.504 e. The molecule has 1 saturated carbocycles. The van der Waals surface area contributed by atoms with Crippen LogP contribution in [0.4, 0.5) is 0 Å². The minimum Gasteiger partial charge on any atom is -0.504 e. The first-order valence-corrected chi connectivity index (χ1v) is 9.81. The van der Waals surface area contributed by atoms with E-state index in [4.69, 9.17) is 4.74 Å². The fraction of sp³-hybridized carbons (Fsp3) is 0.650. The van der Waals surface area contributed by atoms with E-state index in [0.29, 0.717) is 18.6 Å². The summed E-state index contributed by atoms with van der Waals surface area (Å²) in [7, 11) is 0. The van der Waals surface area contributed by atoms with Crippen LogP contribution in [-0.2, 0) is 16.6 Å². The molecular formula is C20H24N2O4. The van der Waals surface area contributed by atoms with Gasteiger partial charge in [0.25, 0.3) is 0 Å². The molecule has 1 amide bonds. The Morgan fingerprint density at radius 2 is 2.15 bits per heavy atom. The number of aliphatic hydroxyl groups is 1. The molecular weight excluding hydrogens is 332 g/mol. The molecule has 2 saturated heterocycles. The number of nitrogens with zero attached hydrogens (tertiary/aromatic N) is 1. The summed E-state index contributed by atoms with van der Waals surface area (Å²) in [4.78, 5) is 14.8. The highest BCUT2D eigenvalue weighted by molar-refractivity contribution is 5.78. The Bertz CT molecular complexity index is 822. The molecule has 0 radical (unpaired) electrons. The molecule has 0 aromatic heterocycles. The average Bonchev–Trinajstić information content (AvgIpc) is 3.37. The van der Waals surface area contributed by atoms with Crippen LogP contribution in [0, 0.1) is 5.92 Å². The molecule has 6 rings (SSSR count). The number of carbonyl (C=O) groups is 1. The summed E-state index contributed by atoms with van der Waals surface area (Å²) >= 11 is 0. The van der Waals surface area contributed by atoms with Gasteiger partial charge in [0.15, 0.2) is 17.7 Å². The van der Waals surface area contributed by atoms with Gasteiger partial charge in [-0.25, -0.2) is 0 Å². The van der Waals surface area contributed by atoms with E-state index in [1.54, 1.807) is 6.07 Å². The van der Waals surface area contributed by atoms with Gasteiger partial charge >= 0.3 is 0 Å². The molecule has 3 fully saturated rings. The zero-order chi connectivity index (χ0) is 17.7. The molecule has 6 nitrogen and oxygen atoms in total. The monoisotopic (exact) mass is 356 g/mol. The molecule has 1 aromatic rings. The van der Waals surface area contributed by atoms with Crippen molar-refractivity contribution in [2.45, 2.75) is 61.8 Å². The second kappa shape index (κ2) is 4.73. The van der Waals surface area contributed by atoms with Crippen LogP contribution in [0.25, 0.3) is 0 Å². The highest BCUT2D eigenvalue weighted by atomic mass is 16.5. The van der Waals surface area contributed by atoms with Gasteiger partial charge in [0, 0.05) is 24.6 Å². The number of hydrogen-bond donors (Lipinski definition) is 3. The summed E-state index contributed by atoms with van der Waals surface area (Å²) in [6, 6.07) is 3.66. The molecule has 0 unspecified atom stereocenters. The van der Waals surface area contributed by atoms with E-state index < -0.39 is 17.2 Å². The number of phenols is 1. The highest BCUT2D eigenvalue weighted by Gasteiger charge is 2.71. The average molecular weight is 356 g/mol. The van der Waals surface area contributed by atoms with Crippen molar-refractivity contribution in [1.29, 1.82) is 0 Å². The van der Waals surface area contributed by atoms with Gasteiger partial charge in [0.05, 0.1) is 11.0 Å². The van der Waals surface area contributed by atoms with Crippen LogP contribution in [0.15, 0.2) is 12.1 Å². The first-order chi connectivity index (χ1) is 12.5. The Hall–Kier alpha value is -1.79. The first kappa shape index (κ1) is 15.3. The summed E-state index contributed by atoms with van der Waals surface area (Å²) in [5.41, 5.74) is 0.405. The molecule has 5 aliphatic rings. The van der Waals surface area contributed by atoms with Crippen molar-refractivity contribution in [3.8, 4) is 11.5 Å². The van der Waals surface area contributed by atoms with Gasteiger partial charge in [-0.15, -0.1) is 0 Å². The van der Waals surface area contributed by atoms with Crippen LogP contribution in [0.5, 0.6) is 11.5 Å². The van der Waals surface area contributed by atoms with E-state index >= 15 is 0 Å². The molecule has 138 valence electrons. The summed E-state index contributed by atoms with van der Waals surface area (Å²) in [5.74, 6) is 1.23. The molecule has 2 aliphatic carbocycles. The van der Waals surface area contributed by atoms with Crippen LogP contribution in [0.2, 0.25) is 0 Å². The number of rotatable bonds is 2. The van der Waals surface area contributed by atoms with Crippen molar-refractivity contribution >= 4 is 5.91 Å². The summed E-state index contributed by atoms with van der Waals surface area (Å²) < 4.78 is 6.09. The van der Waals surface area contributed by atoms with Gasteiger partial charge in [0.2, 0.25) is 5.91 Å². The zero-order valence-electron chi connectivity index (χ0n) is 14.7. The maximum Gasteiger partial charge on any atom is 0.222 e. The standard InChI is InChI=1S/C20H24N2O4/c23-13-4-3-12-9-14-20(25)6-5-15(24)21-18-19(20,16(12)17(13)26-18)7-8-22(14)10-11-1-2-11/h3-4,11,14,18,23,25H,1-2,5-10H2,(H,21,24)/t14-,18-,19+,20-/m1/s1. The summed E-state index contributed by atoms with van der Waals surface area (Å²) in [6.45, 7) is 1.93. The molecule has 26 heavy (non-hydrogen) atoms. The van der Waals surface area contributed by atoms with Crippen molar-refractivity contribution in [3.05, 3.63) is 23.3 Å². The Morgan fingerprint density at radius 1 is 1.31 bits per heavy atom. The van der Waals surface area contributed by atoms with E-state index in [1.165, 1.54) is 12.8 Å². The number of phenolic OH excluding ortho intramolecular Hbond substituents is 1. The third kappa shape index (κ3) is 1.68. The van der Waals surface area contributed by atoms with Crippen molar-refractivity contribution in [2.75, 3.05) is 13.1 Å². The number of ether oxygens (including phenoxy) is 1. The van der Waals surface area contributed by atoms with E-state index in [2.05, 4.69) is 10.2 Å². The van der Waals surface area contributed by atoms with E-state index in [1.807, 2.05) is 6.07 Å². The predicted octanol–water partition coefficient (Wildman–Crippen LogP) is 1.03. The fourth-order valence-corrected chi connectivity index (χ4v) is 6.15. The van der Waals surface area contributed by atoms with E-state index in [0.717, 1.165) is 43.0 Å². The van der Waals surface area contributed by atoms with E-state index in [-0.39, 0.29) is 17.7 Å². The molecule has 1 spiro atoms. The minimum atomic E-state index is -1.02. The van der Waals surface area contributed by atoms with Crippen LogP contribution >= 0.6 is 0 Å². The van der Waals surface area contributed by atoms with Gasteiger partial charge in [-0.2, -0.15) is 0 Å². The van der Waals surface area contributed by atoms with Crippen LogP contribution in [-0.4, -0.2) is 52.0 Å². The molecule has 4 atom stereocenters. The molecule has 2 bridgehead atoms. The van der Waals surface area contributed by atoms with E-state index in [9.17, 15) is 15.0 Å². The maximum atomic E-state index is 12.4. The van der Waals surface area contributed by atoms with Crippen molar-refractivity contribution < 1.29 is 19.7 Å². The lowest BCUT2D eigenvalue weighted by atomic mass is 9.53. The Balaban J connectivity index is 1.57. The number of piperidine rings is 1. The number of aromatic hydroxyl groups is 1. The third-order valence-corrected chi connectivity index (χ3v) is 7.54. The predicted molar refractivity (Wildman–Crippen MR) is 92.9 cm³/mol. The molecule has 6 heteroatoms. The lowest BCUT2D eigenvalue weighted by Gasteiger charge is -2.60. The number of carbonyl (C=O) groups excluding carboxylic acids is 1. The second-order valence-electron chi connectivity index (χ2n) is 8.82. The van der Waals surface area contributed by atoms with Gasteiger partial charge in [0.1, 0.15) is 0 Å². The second-order valence-corrected chi connectivity index (χ2v) is 8.82. The quantitative estimate of drug-likeness (QED) is 0.737. The first-order valence-electron chi connectivity index (χ1n) is 9.81. The molecule has 3 aliphatic heterocycles. The van der Waals surface area contributed by atoms with Crippen LogP contribution in [0.1, 0.15) is 43.2 Å². The number of nitrogens with one attached hydrogen (secondary N) is 1. The fourth-order valence-electron chi connectivity index (χ4n) is 6.15. The molecule has 1 aromatic carbocycles. The number of benzene rings is 1. The van der Waals surface area contributed by atoms with Crippen molar-refractivity contribution in [2.24, 2.45) is 5.92 Å². The zero-order valence-corrected chi connectivity index (χ0v) is 14.7. The Morgan fingerprint density at radius 3 is 2.96 bits per heavy atom. The third-order valence-electron chi connectivity index (χ3n) is 7.54. The number of likely N-dealkylation sites (tertiary alicyclic amines) is 1. The van der Waals surface area contributed by atoms with Crippen molar-refractivity contribution in [1.82, 2.24) is 10.2 Å². The topological polar surface area (TPSA) is 82.0 Å². The van der Waals surface area contributed by atoms with Crippen LogP contribution < -0.4 is 10.1 Å². The summed E-state index contributed by atoms with van der Waals surface area (Å²) in [5, 5.41) is 25.5. The Kier molecular flexibility index (Phi) is 2.78. The van der Waals surface area contributed by atoms with Crippen LogP contribution in [0.3, 0.4) is 0 Å². The smallest absolute Gasteiger partial charge is 0.222 e. The lowest BCUT2D eigenvalue weighted by Crippen LogP contribution is -2.74. The minimum absolute atomic E-state index is 0.00126. The molecule has 3 heterocycles. The molecule has 3 N–H and O–H groups in total. The number of amides is 1. The Labute approximate surface area is 152 Å². The summed E-state index contributed by atoms with van der Waals surface area (Å²) in [6.07, 6.45) is 4.21. The van der Waals surface area contributed by atoms with Crippen molar-refractivity contribution in [3.63, 3.8) is 0 Å². The lowest BCUT2D eigenvalue weighted by molar-refractivity contribution is -0.167. The van der Waals surface area contributed by atoms with Gasteiger partial charge < -0.3 is 20.3 Å². The van der Waals surface area contributed by atoms with Gasteiger partial charge in [-0.05, 0) is 56.2 Å². The SMILES string of the molecule is O=C1CC[C@@]2(O)[C@H]3Cc4ccc(O)c5c4[C@@]2(CCN3CC2CC2)[C@H](N1)O5.